The average molecular weight is 640 g/mol. The monoisotopic (exact) mass is 640 g/mol. The normalized spacial score (nSPS) is 26.8. The number of hydrogen-bond donors (Lipinski definition) is 4. The lowest BCUT2D eigenvalue weighted by molar-refractivity contribution is -0.461. The van der Waals surface area contributed by atoms with E-state index in [2.05, 4.69) is 9.47 Å². The molecule has 0 spiro atoms. The molecule has 1 heterocycles. The topological polar surface area (TPSA) is 99.4 Å². The first-order chi connectivity index (χ1) is 17.5. The predicted octanol–water partition coefficient (Wildman–Crippen LogP) is 3.59. The molecule has 0 unspecified atom stereocenters. The third-order valence-electron chi connectivity index (χ3n) is 5.54. The van der Waals surface area contributed by atoms with Gasteiger partial charge in [0.25, 0.3) is 0 Å². The zero-order valence-electron chi connectivity index (χ0n) is 18.7. The first-order valence-corrected chi connectivity index (χ1v) is 10.1. The van der Waals surface area contributed by atoms with Gasteiger partial charge in [-0.3, -0.25) is 0 Å². The van der Waals surface area contributed by atoms with Crippen LogP contribution in [0.25, 0.3) is 0 Å². The third kappa shape index (κ3) is 5.64. The minimum absolute atomic E-state index is 1.01. The summed E-state index contributed by atoms with van der Waals surface area (Å²) in [5.41, 5.74) is 0. The summed E-state index contributed by atoms with van der Waals surface area (Å²) >= 11 is 0. The van der Waals surface area contributed by atoms with Gasteiger partial charge in [0.2, 0.25) is 0 Å². The van der Waals surface area contributed by atoms with E-state index in [1.165, 1.54) is 0 Å². The van der Waals surface area contributed by atoms with Crippen LogP contribution in [0.3, 0.4) is 0 Å². The maximum Gasteiger partial charge on any atom is 0.460 e. The van der Waals surface area contributed by atoms with Gasteiger partial charge in [-0.1, -0.05) is 0 Å². The van der Waals surface area contributed by atoms with Crippen molar-refractivity contribution in [3.8, 4) is 0 Å². The van der Waals surface area contributed by atoms with E-state index in [1.54, 1.807) is 0 Å². The fourth-order valence-corrected chi connectivity index (χ4v) is 3.02. The highest BCUT2D eigenvalue weighted by molar-refractivity contribution is 5.15. The lowest BCUT2D eigenvalue weighted by Crippen LogP contribution is -2.74. The molecule has 1 aliphatic heterocycles. The first-order valence-electron chi connectivity index (χ1n) is 10.1. The van der Waals surface area contributed by atoms with Gasteiger partial charge < -0.3 is 29.9 Å². The fourth-order valence-electron chi connectivity index (χ4n) is 3.02. The van der Waals surface area contributed by atoms with Crippen molar-refractivity contribution >= 4 is 0 Å². The molecule has 0 bridgehead atoms. The van der Waals surface area contributed by atoms with Crippen molar-refractivity contribution in [2.24, 2.45) is 0 Å². The van der Waals surface area contributed by atoms with Gasteiger partial charge in [-0.15, -0.1) is 0 Å². The second-order valence-corrected chi connectivity index (χ2v) is 8.36. The Morgan fingerprint density at radius 2 is 0.925 bits per heavy atom. The summed E-state index contributed by atoms with van der Waals surface area (Å²) in [7, 11) is 0. The Balaban J connectivity index is 3.06. The Kier molecular flexibility index (Phi) is 10.1. The standard InChI is InChI=1S/C17H17F17O6/c18-10(19,2-1-3-39-4-5-6(35)7(36)8(37)9(38)40-5)11(20,21)12(22,23)13(24,25)14(26,27)15(28,29)16(30,31)17(32,33)34/h5-9,35-38H,1-4H2/t5-,6-,7+,8-,9-/m0/s1. The van der Waals surface area contributed by atoms with Gasteiger partial charge in [-0.25, -0.2) is 0 Å². The maximum absolute atomic E-state index is 13.8. The molecule has 4 N–H and O–H groups in total. The Hall–Kier alpha value is -1.43. The van der Waals surface area contributed by atoms with E-state index in [-0.39, 0.29) is 0 Å². The van der Waals surface area contributed by atoms with Crippen LogP contribution in [-0.4, -0.2) is 112 Å². The number of aliphatic hydroxyl groups is 4. The van der Waals surface area contributed by atoms with Crippen molar-refractivity contribution in [2.45, 2.75) is 91.2 Å². The third-order valence-corrected chi connectivity index (χ3v) is 5.54. The van der Waals surface area contributed by atoms with Crippen LogP contribution in [-0.2, 0) is 9.47 Å². The Labute approximate surface area is 210 Å². The highest BCUT2D eigenvalue weighted by Crippen LogP contribution is 2.64. The SMILES string of the molecule is O[C@@H]1[C@@H](O)[C@H](COCCCC(F)(F)C(F)(F)C(F)(F)C(F)(F)C(F)(F)C(F)(F)C(F)(F)C(F)(F)F)O[C@H](O)[C@H]1O. The second kappa shape index (κ2) is 11.0. The van der Waals surface area contributed by atoms with E-state index in [9.17, 15) is 95.1 Å². The first kappa shape index (κ1) is 36.6. The van der Waals surface area contributed by atoms with Crippen molar-refractivity contribution in [1.29, 1.82) is 0 Å². The molecule has 40 heavy (non-hydrogen) atoms. The summed E-state index contributed by atoms with van der Waals surface area (Å²) < 4.78 is 233. The van der Waals surface area contributed by atoms with Crippen LogP contribution in [0.4, 0.5) is 74.6 Å². The van der Waals surface area contributed by atoms with Gasteiger partial charge in [-0.2, -0.15) is 74.6 Å². The van der Waals surface area contributed by atoms with Gasteiger partial charge in [0.05, 0.1) is 6.61 Å². The highest BCUT2D eigenvalue weighted by atomic mass is 19.4. The van der Waals surface area contributed by atoms with Gasteiger partial charge in [0.15, 0.2) is 6.29 Å². The molecule has 0 saturated carbocycles. The molecule has 0 aromatic carbocycles. The number of hydrogen-bond acceptors (Lipinski definition) is 6. The van der Waals surface area contributed by atoms with Crippen LogP contribution in [0.15, 0.2) is 0 Å². The summed E-state index contributed by atoms with van der Waals surface area (Å²) in [6.07, 6.45) is -22.1. The van der Waals surface area contributed by atoms with Gasteiger partial charge >= 0.3 is 47.6 Å². The molecule has 1 aliphatic rings. The van der Waals surface area contributed by atoms with Crippen LogP contribution in [0.2, 0.25) is 0 Å². The minimum atomic E-state index is -8.70. The quantitative estimate of drug-likeness (QED) is 0.193. The Morgan fingerprint density at radius 1 is 0.525 bits per heavy atom. The molecule has 240 valence electrons. The smallest absolute Gasteiger partial charge is 0.387 e. The molecule has 1 saturated heterocycles. The van der Waals surface area contributed by atoms with E-state index in [0.29, 0.717) is 0 Å². The molecule has 0 aromatic heterocycles. The van der Waals surface area contributed by atoms with Crippen LogP contribution >= 0.6 is 0 Å². The molecule has 0 aliphatic carbocycles. The number of alkyl halides is 17. The number of halogens is 17. The number of aliphatic hydroxyl groups excluding tert-OH is 4. The minimum Gasteiger partial charge on any atom is -0.387 e. The number of rotatable bonds is 12. The Morgan fingerprint density at radius 3 is 1.35 bits per heavy atom. The van der Waals surface area contributed by atoms with Crippen LogP contribution in [0.5, 0.6) is 0 Å². The molecular weight excluding hydrogens is 623 g/mol. The summed E-state index contributed by atoms with van der Waals surface area (Å²) in [4.78, 5) is 0. The second-order valence-electron chi connectivity index (χ2n) is 8.36. The van der Waals surface area contributed by atoms with Crippen molar-refractivity contribution in [2.75, 3.05) is 13.2 Å². The predicted molar refractivity (Wildman–Crippen MR) is 89.6 cm³/mol. The molecule has 6 nitrogen and oxygen atoms in total. The largest absolute Gasteiger partial charge is 0.460 e. The molecule has 0 amide bonds. The molecular formula is C17H17F17O6. The summed E-state index contributed by atoms with van der Waals surface area (Å²) in [6.45, 7) is -2.27. The summed E-state index contributed by atoms with van der Waals surface area (Å²) in [5, 5.41) is 37.5. The molecule has 0 aromatic rings. The van der Waals surface area contributed by atoms with Crippen LogP contribution in [0.1, 0.15) is 12.8 Å². The van der Waals surface area contributed by atoms with Gasteiger partial charge in [0, 0.05) is 13.0 Å². The zero-order chi connectivity index (χ0) is 32.1. The van der Waals surface area contributed by atoms with E-state index in [1.807, 2.05) is 0 Å². The van der Waals surface area contributed by atoms with Crippen LogP contribution < -0.4 is 0 Å². The number of ether oxygens (including phenoxy) is 2. The molecule has 23 heteroatoms. The summed E-state index contributed by atoms with van der Waals surface area (Å²) in [5.74, 6) is -56.9. The molecule has 5 atom stereocenters. The highest BCUT2D eigenvalue weighted by Gasteiger charge is 2.95. The van der Waals surface area contributed by atoms with Crippen molar-refractivity contribution in [1.82, 2.24) is 0 Å². The van der Waals surface area contributed by atoms with Gasteiger partial charge in [-0.05, 0) is 6.42 Å². The zero-order valence-corrected chi connectivity index (χ0v) is 18.7. The van der Waals surface area contributed by atoms with Gasteiger partial charge in [0.1, 0.15) is 24.4 Å². The molecule has 0 radical (unpaired) electrons. The lowest BCUT2D eigenvalue weighted by Gasteiger charge is -2.42. The average Bonchev–Trinajstić information content (AvgIpc) is 2.78. The van der Waals surface area contributed by atoms with E-state index in [0.717, 1.165) is 0 Å². The van der Waals surface area contributed by atoms with Crippen LogP contribution in [0, 0.1) is 0 Å². The van der Waals surface area contributed by atoms with Crippen molar-refractivity contribution in [3.63, 3.8) is 0 Å². The van der Waals surface area contributed by atoms with E-state index >= 15 is 0 Å². The fraction of sp³-hybridized carbons (Fsp3) is 1.00. The van der Waals surface area contributed by atoms with E-state index in [4.69, 9.17) is 0 Å². The molecule has 1 rings (SSSR count). The lowest BCUT2D eigenvalue weighted by atomic mass is 9.88. The van der Waals surface area contributed by atoms with Crippen molar-refractivity contribution in [3.05, 3.63) is 0 Å². The van der Waals surface area contributed by atoms with Crippen molar-refractivity contribution < 1.29 is 105 Å². The maximum atomic E-state index is 13.8. The Bertz CT molecular complexity index is 864. The van der Waals surface area contributed by atoms with E-state index < -0.39 is 104 Å². The summed E-state index contributed by atoms with van der Waals surface area (Å²) in [6, 6.07) is 0. The molecule has 1 fully saturated rings.